The molecule has 0 atom stereocenters. The number of amides is 1. The van der Waals surface area contributed by atoms with E-state index in [0.29, 0.717) is 17.1 Å². The predicted molar refractivity (Wildman–Crippen MR) is 118 cm³/mol. The molecule has 0 spiro atoms. The van der Waals surface area contributed by atoms with Crippen LogP contribution >= 0.6 is 11.3 Å². The van der Waals surface area contributed by atoms with E-state index in [4.69, 9.17) is 9.84 Å². The maximum atomic E-state index is 13.2. The Labute approximate surface area is 197 Å². The van der Waals surface area contributed by atoms with Gasteiger partial charge in [0.25, 0.3) is 0 Å². The number of rotatable bonds is 10. The number of carbonyl (C=O) groups excluding carboxylic acids is 1. The first-order valence-electron chi connectivity index (χ1n) is 10.8. The van der Waals surface area contributed by atoms with Gasteiger partial charge < -0.3 is 24.2 Å². The van der Waals surface area contributed by atoms with Crippen molar-refractivity contribution in [3.8, 4) is 6.01 Å². The second-order valence-corrected chi connectivity index (χ2v) is 8.85. The molecule has 34 heavy (non-hydrogen) atoms. The summed E-state index contributed by atoms with van der Waals surface area (Å²) in [5.74, 6) is -0.228. The lowest BCUT2D eigenvalue weighted by molar-refractivity contribution is -0.147. The number of halogens is 3. The van der Waals surface area contributed by atoms with Crippen LogP contribution in [0, 0.1) is 0 Å². The second kappa shape index (κ2) is 10.1. The summed E-state index contributed by atoms with van der Waals surface area (Å²) in [7, 11) is 0. The van der Waals surface area contributed by atoms with E-state index in [1.165, 1.54) is 16.2 Å². The molecule has 184 valence electrons. The van der Waals surface area contributed by atoms with Gasteiger partial charge in [-0.15, -0.1) is 21.5 Å². The van der Waals surface area contributed by atoms with Crippen LogP contribution in [0.3, 0.4) is 0 Å². The summed E-state index contributed by atoms with van der Waals surface area (Å²) in [6.45, 7) is 2.96. The zero-order valence-electron chi connectivity index (χ0n) is 18.5. The van der Waals surface area contributed by atoms with Crippen LogP contribution in [0.25, 0.3) is 10.2 Å². The molecule has 0 fully saturated rings. The molecule has 1 N–H and O–H groups in total. The molecule has 3 aromatic rings. The Morgan fingerprint density at radius 3 is 2.79 bits per heavy atom. The van der Waals surface area contributed by atoms with E-state index < -0.39 is 12.0 Å². The molecule has 0 aromatic carbocycles. The van der Waals surface area contributed by atoms with Crippen LogP contribution in [0.1, 0.15) is 29.9 Å². The van der Waals surface area contributed by atoms with E-state index in [1.54, 1.807) is 0 Å². The highest BCUT2D eigenvalue weighted by Gasteiger charge is 2.39. The predicted octanol–water partition coefficient (Wildman–Crippen LogP) is 2.10. The molecule has 1 aliphatic heterocycles. The Kier molecular flexibility index (Phi) is 7.16. The van der Waals surface area contributed by atoms with E-state index >= 15 is 0 Å². The molecule has 3 aromatic heterocycles. The van der Waals surface area contributed by atoms with Gasteiger partial charge in [-0.1, -0.05) is 13.3 Å². The quantitative estimate of drug-likeness (QED) is 0.423. The Morgan fingerprint density at radius 1 is 1.26 bits per heavy atom. The molecule has 0 saturated heterocycles. The molecule has 1 amide bonds. The molecule has 4 rings (SSSR count). The number of nitrogens with zero attached hydrogens (tertiary/aromatic N) is 7. The lowest BCUT2D eigenvalue weighted by Gasteiger charge is -2.29. The number of hydrogen-bond acceptors (Lipinski definition) is 9. The van der Waals surface area contributed by atoms with Crippen molar-refractivity contribution in [3.05, 3.63) is 22.6 Å². The number of ether oxygens (including phenoxy) is 1. The van der Waals surface area contributed by atoms with Gasteiger partial charge in [-0.25, -0.2) is 0 Å². The maximum absolute atomic E-state index is 13.2. The Morgan fingerprint density at radius 2 is 2.09 bits per heavy atom. The first-order chi connectivity index (χ1) is 16.3. The fraction of sp³-hybridized carbons (Fsp3) is 0.550. The first kappa shape index (κ1) is 24.1. The van der Waals surface area contributed by atoms with Crippen LogP contribution in [-0.4, -0.2) is 74.0 Å². The molecule has 0 unspecified atom stereocenters. The molecule has 10 nitrogen and oxygen atoms in total. The van der Waals surface area contributed by atoms with Crippen LogP contribution in [0.4, 0.5) is 19.0 Å². The van der Waals surface area contributed by atoms with E-state index in [0.717, 1.165) is 27.7 Å². The van der Waals surface area contributed by atoms with Crippen molar-refractivity contribution in [2.45, 2.75) is 39.0 Å². The van der Waals surface area contributed by atoms with Gasteiger partial charge in [0.15, 0.2) is 5.82 Å². The van der Waals surface area contributed by atoms with Crippen molar-refractivity contribution in [1.82, 2.24) is 29.6 Å². The number of carbonyl (C=O) groups is 1. The van der Waals surface area contributed by atoms with Crippen molar-refractivity contribution in [3.63, 3.8) is 0 Å². The zero-order valence-corrected chi connectivity index (χ0v) is 19.3. The third-order valence-electron chi connectivity index (χ3n) is 5.35. The van der Waals surface area contributed by atoms with Crippen molar-refractivity contribution < 1.29 is 27.8 Å². The van der Waals surface area contributed by atoms with Crippen molar-refractivity contribution in [2.24, 2.45) is 0 Å². The SMILES string of the molecule is CCCc1cc2c(N3CCn4c(nnc4C(F)(F)F)C3)nc(OCCN(C=O)CCO)nc2s1. The molecule has 0 aliphatic carbocycles. The summed E-state index contributed by atoms with van der Waals surface area (Å²) < 4.78 is 46.4. The van der Waals surface area contributed by atoms with Crippen molar-refractivity contribution in [1.29, 1.82) is 0 Å². The number of thiophene rings is 1. The largest absolute Gasteiger partial charge is 0.461 e. The highest BCUT2D eigenvalue weighted by atomic mass is 32.1. The van der Waals surface area contributed by atoms with Gasteiger partial charge >= 0.3 is 12.2 Å². The lowest BCUT2D eigenvalue weighted by Crippen LogP contribution is -2.36. The number of aromatic nitrogens is 5. The molecule has 0 radical (unpaired) electrons. The second-order valence-electron chi connectivity index (χ2n) is 7.74. The van der Waals surface area contributed by atoms with Gasteiger partial charge in [0.1, 0.15) is 17.3 Å². The Balaban J connectivity index is 1.61. The van der Waals surface area contributed by atoms with Crippen LogP contribution in [-0.2, 0) is 30.5 Å². The molecule has 0 bridgehead atoms. The first-order valence-corrected chi connectivity index (χ1v) is 11.6. The monoisotopic (exact) mass is 499 g/mol. The minimum atomic E-state index is -4.57. The molecule has 4 heterocycles. The van der Waals surface area contributed by atoms with Crippen LogP contribution < -0.4 is 9.64 Å². The van der Waals surface area contributed by atoms with Gasteiger partial charge in [-0.05, 0) is 12.5 Å². The highest BCUT2D eigenvalue weighted by molar-refractivity contribution is 7.18. The van der Waals surface area contributed by atoms with Gasteiger partial charge in [0, 0.05) is 24.5 Å². The summed E-state index contributed by atoms with van der Waals surface area (Å²) >= 11 is 1.52. The lowest BCUT2D eigenvalue weighted by atomic mass is 10.2. The number of hydrogen-bond donors (Lipinski definition) is 1. The summed E-state index contributed by atoms with van der Waals surface area (Å²) in [5, 5.41) is 16.9. The minimum absolute atomic E-state index is 0.0697. The fourth-order valence-corrected chi connectivity index (χ4v) is 4.88. The summed E-state index contributed by atoms with van der Waals surface area (Å²) in [6.07, 6.45) is -2.11. The molecular weight excluding hydrogens is 475 g/mol. The van der Waals surface area contributed by atoms with Crippen LogP contribution in [0.2, 0.25) is 0 Å². The zero-order chi connectivity index (χ0) is 24.3. The van der Waals surface area contributed by atoms with Gasteiger partial charge in [-0.3, -0.25) is 4.79 Å². The fourth-order valence-electron chi connectivity index (χ4n) is 3.76. The molecule has 14 heteroatoms. The summed E-state index contributed by atoms with van der Waals surface area (Å²) in [4.78, 5) is 25.2. The summed E-state index contributed by atoms with van der Waals surface area (Å²) in [6, 6.07) is 2.13. The Bertz CT molecular complexity index is 1150. The van der Waals surface area contributed by atoms with E-state index in [1.807, 2.05) is 11.0 Å². The van der Waals surface area contributed by atoms with Crippen LogP contribution in [0.15, 0.2) is 6.07 Å². The number of aryl methyl sites for hydroxylation is 1. The average molecular weight is 500 g/mol. The summed E-state index contributed by atoms with van der Waals surface area (Å²) in [5.41, 5.74) is 0. The minimum Gasteiger partial charge on any atom is -0.461 e. The average Bonchev–Trinajstić information content (AvgIpc) is 3.41. The number of fused-ring (bicyclic) bond motifs is 2. The molecule has 1 aliphatic rings. The Hall–Kier alpha value is -3.00. The third-order valence-corrected chi connectivity index (χ3v) is 6.44. The van der Waals surface area contributed by atoms with E-state index in [2.05, 4.69) is 27.1 Å². The normalized spacial score (nSPS) is 13.9. The topological polar surface area (TPSA) is 110 Å². The number of aliphatic hydroxyl groups is 1. The van der Waals surface area contributed by atoms with Gasteiger partial charge in [0.2, 0.25) is 12.2 Å². The number of alkyl halides is 3. The van der Waals surface area contributed by atoms with E-state index in [9.17, 15) is 18.0 Å². The van der Waals surface area contributed by atoms with Crippen molar-refractivity contribution in [2.75, 3.05) is 37.7 Å². The van der Waals surface area contributed by atoms with E-state index in [-0.39, 0.29) is 57.8 Å². The highest BCUT2D eigenvalue weighted by Crippen LogP contribution is 2.35. The van der Waals surface area contributed by atoms with Gasteiger partial charge in [0.05, 0.1) is 25.1 Å². The maximum Gasteiger partial charge on any atom is 0.451 e. The molecular formula is C20H24F3N7O3S. The molecule has 0 saturated carbocycles. The van der Waals surface area contributed by atoms with Gasteiger partial charge in [-0.2, -0.15) is 23.1 Å². The van der Waals surface area contributed by atoms with Crippen LogP contribution in [0.5, 0.6) is 6.01 Å². The number of aliphatic hydroxyl groups excluding tert-OH is 1. The van der Waals surface area contributed by atoms with Crippen molar-refractivity contribution >= 4 is 33.8 Å². The standard InChI is InChI=1S/C20H24F3N7O3S/c1-2-3-13-10-14-16(29-4-5-30-15(11-29)26-27-18(30)20(21,22)23)24-19(25-17(14)34-13)33-9-7-28(12-32)6-8-31/h10,12,31H,2-9,11H2,1H3. The third kappa shape index (κ3) is 5.06. The number of anilines is 1. The smallest absolute Gasteiger partial charge is 0.451 e.